The highest BCUT2D eigenvalue weighted by Gasteiger charge is 2.22. The summed E-state index contributed by atoms with van der Waals surface area (Å²) in [6.07, 6.45) is 1.92. The van der Waals surface area contributed by atoms with Gasteiger partial charge in [-0.05, 0) is 56.0 Å². The van der Waals surface area contributed by atoms with E-state index in [-0.39, 0.29) is 11.8 Å². The summed E-state index contributed by atoms with van der Waals surface area (Å²) in [7, 11) is 0. The summed E-state index contributed by atoms with van der Waals surface area (Å²) in [5, 5.41) is 2.78. The molecule has 0 aromatic heterocycles. The molecular formula is C18H19FN2O. The number of urea groups is 1. The van der Waals surface area contributed by atoms with Gasteiger partial charge in [0.25, 0.3) is 0 Å². The molecule has 1 N–H and O–H groups in total. The molecule has 3 nitrogen and oxygen atoms in total. The van der Waals surface area contributed by atoms with Gasteiger partial charge in [-0.2, -0.15) is 0 Å². The van der Waals surface area contributed by atoms with E-state index in [9.17, 15) is 9.18 Å². The molecule has 0 bridgehead atoms. The Labute approximate surface area is 129 Å². The van der Waals surface area contributed by atoms with E-state index in [1.807, 2.05) is 19.1 Å². The monoisotopic (exact) mass is 298 g/mol. The minimum Gasteiger partial charge on any atom is -0.307 e. The van der Waals surface area contributed by atoms with Crippen molar-refractivity contribution >= 4 is 17.4 Å². The number of halogens is 1. The van der Waals surface area contributed by atoms with Gasteiger partial charge < -0.3 is 5.32 Å². The van der Waals surface area contributed by atoms with E-state index in [4.69, 9.17) is 0 Å². The maximum atomic E-state index is 13.6. The maximum Gasteiger partial charge on any atom is 0.326 e. The number of amides is 2. The third-order valence-corrected chi connectivity index (χ3v) is 4.02. The number of carbonyl (C=O) groups is 1. The van der Waals surface area contributed by atoms with Gasteiger partial charge in [-0.3, -0.25) is 4.90 Å². The van der Waals surface area contributed by atoms with Crippen LogP contribution >= 0.6 is 0 Å². The van der Waals surface area contributed by atoms with Crippen LogP contribution in [0.1, 0.15) is 23.1 Å². The predicted octanol–water partition coefficient (Wildman–Crippen LogP) is 4.43. The summed E-state index contributed by atoms with van der Waals surface area (Å²) in [5.41, 5.74) is 4.38. The zero-order chi connectivity index (χ0) is 15.7. The molecule has 2 amide bonds. The Hall–Kier alpha value is -2.36. The lowest BCUT2D eigenvalue weighted by Gasteiger charge is -2.29. The average molecular weight is 298 g/mol. The van der Waals surface area contributed by atoms with Crippen LogP contribution in [-0.2, 0) is 6.42 Å². The molecule has 1 aliphatic rings. The number of anilines is 2. The number of nitrogens with one attached hydrogen (secondary N) is 1. The lowest BCUT2D eigenvalue weighted by atomic mass is 10.00. The van der Waals surface area contributed by atoms with Crippen molar-refractivity contribution in [2.24, 2.45) is 0 Å². The second-order valence-corrected chi connectivity index (χ2v) is 5.78. The lowest BCUT2D eigenvalue weighted by molar-refractivity contribution is 0.256. The number of benzene rings is 2. The molecule has 2 aromatic carbocycles. The highest BCUT2D eigenvalue weighted by molar-refractivity contribution is 6.02. The van der Waals surface area contributed by atoms with Crippen molar-refractivity contribution in [1.82, 2.24) is 0 Å². The van der Waals surface area contributed by atoms with Gasteiger partial charge in [-0.1, -0.05) is 23.8 Å². The standard InChI is InChI=1S/C18H19FN2O/c1-12-5-8-17-14(10-12)4-3-9-21(17)18(22)20-15-7-6-13(2)16(19)11-15/h5-8,10-11H,3-4,9H2,1-2H3,(H,20,22). The van der Waals surface area contributed by atoms with Gasteiger partial charge in [0.2, 0.25) is 0 Å². The van der Waals surface area contributed by atoms with Crippen LogP contribution in [0.25, 0.3) is 0 Å². The Morgan fingerprint density at radius 3 is 2.77 bits per heavy atom. The van der Waals surface area contributed by atoms with Gasteiger partial charge in [-0.25, -0.2) is 9.18 Å². The fourth-order valence-electron chi connectivity index (χ4n) is 2.80. The average Bonchev–Trinajstić information content (AvgIpc) is 2.50. The first-order valence-corrected chi connectivity index (χ1v) is 7.49. The summed E-state index contributed by atoms with van der Waals surface area (Å²) in [6.45, 7) is 4.43. The number of fused-ring (bicyclic) bond motifs is 1. The third-order valence-electron chi connectivity index (χ3n) is 4.02. The van der Waals surface area contributed by atoms with Gasteiger partial charge in [0.05, 0.1) is 0 Å². The third kappa shape index (κ3) is 2.82. The van der Waals surface area contributed by atoms with E-state index in [0.717, 1.165) is 18.5 Å². The highest BCUT2D eigenvalue weighted by atomic mass is 19.1. The van der Waals surface area contributed by atoms with Gasteiger partial charge in [0.1, 0.15) is 5.82 Å². The lowest BCUT2D eigenvalue weighted by Crippen LogP contribution is -2.38. The van der Waals surface area contributed by atoms with Crippen molar-refractivity contribution in [3.05, 3.63) is 58.9 Å². The van der Waals surface area contributed by atoms with Crippen LogP contribution in [0.5, 0.6) is 0 Å². The van der Waals surface area contributed by atoms with Crippen LogP contribution in [0, 0.1) is 19.7 Å². The number of aryl methyl sites for hydroxylation is 3. The van der Waals surface area contributed by atoms with E-state index in [1.165, 1.54) is 17.2 Å². The van der Waals surface area contributed by atoms with Gasteiger partial charge in [0.15, 0.2) is 0 Å². The topological polar surface area (TPSA) is 32.3 Å². The summed E-state index contributed by atoms with van der Waals surface area (Å²) >= 11 is 0. The number of rotatable bonds is 1. The molecule has 0 spiro atoms. The van der Waals surface area contributed by atoms with E-state index in [1.54, 1.807) is 24.0 Å². The first-order chi connectivity index (χ1) is 10.5. The fraction of sp³-hybridized carbons (Fsp3) is 0.278. The zero-order valence-corrected chi connectivity index (χ0v) is 12.8. The van der Waals surface area contributed by atoms with Crippen molar-refractivity contribution in [1.29, 1.82) is 0 Å². The second-order valence-electron chi connectivity index (χ2n) is 5.78. The molecule has 0 aliphatic carbocycles. The van der Waals surface area contributed by atoms with Crippen LogP contribution in [0.15, 0.2) is 36.4 Å². The van der Waals surface area contributed by atoms with E-state index in [2.05, 4.69) is 11.4 Å². The van der Waals surface area contributed by atoms with Gasteiger partial charge >= 0.3 is 6.03 Å². The van der Waals surface area contributed by atoms with Crippen molar-refractivity contribution in [2.75, 3.05) is 16.8 Å². The summed E-state index contributed by atoms with van der Waals surface area (Å²) in [5.74, 6) is -0.313. The van der Waals surface area contributed by atoms with Crippen LogP contribution < -0.4 is 10.2 Å². The highest BCUT2D eigenvalue weighted by Crippen LogP contribution is 2.28. The number of hydrogen-bond acceptors (Lipinski definition) is 1. The SMILES string of the molecule is Cc1ccc2c(c1)CCCN2C(=O)Nc1ccc(C)c(F)c1. The van der Waals surface area contributed by atoms with E-state index in [0.29, 0.717) is 17.8 Å². The van der Waals surface area contributed by atoms with Crippen LogP contribution in [0.4, 0.5) is 20.6 Å². The molecule has 2 aromatic rings. The largest absolute Gasteiger partial charge is 0.326 e. The quantitative estimate of drug-likeness (QED) is 0.830. The Balaban J connectivity index is 1.83. The Kier molecular flexibility index (Phi) is 3.84. The van der Waals surface area contributed by atoms with Gasteiger partial charge in [0, 0.05) is 17.9 Å². The Morgan fingerprint density at radius 1 is 1.18 bits per heavy atom. The first kappa shape index (κ1) is 14.6. The Morgan fingerprint density at radius 2 is 2.00 bits per heavy atom. The van der Waals surface area contributed by atoms with Crippen molar-refractivity contribution in [3.8, 4) is 0 Å². The predicted molar refractivity (Wildman–Crippen MR) is 87.0 cm³/mol. The molecule has 1 heterocycles. The minimum absolute atomic E-state index is 0.215. The molecule has 0 unspecified atom stereocenters. The van der Waals surface area contributed by atoms with Gasteiger partial charge in [-0.15, -0.1) is 0 Å². The molecule has 1 aliphatic heterocycles. The summed E-state index contributed by atoms with van der Waals surface area (Å²) < 4.78 is 13.6. The van der Waals surface area contributed by atoms with Crippen LogP contribution in [0.3, 0.4) is 0 Å². The molecule has 3 rings (SSSR count). The van der Waals surface area contributed by atoms with E-state index < -0.39 is 0 Å². The van der Waals surface area contributed by atoms with Crippen molar-refractivity contribution in [3.63, 3.8) is 0 Å². The van der Waals surface area contributed by atoms with Crippen molar-refractivity contribution < 1.29 is 9.18 Å². The summed E-state index contributed by atoms with van der Waals surface area (Å²) in [4.78, 5) is 14.2. The molecule has 0 atom stereocenters. The normalized spacial score (nSPS) is 13.7. The number of hydrogen-bond donors (Lipinski definition) is 1. The van der Waals surface area contributed by atoms with Crippen molar-refractivity contribution in [2.45, 2.75) is 26.7 Å². The van der Waals surface area contributed by atoms with Crippen LogP contribution in [0.2, 0.25) is 0 Å². The second kappa shape index (κ2) is 5.79. The fourth-order valence-corrected chi connectivity index (χ4v) is 2.80. The number of nitrogens with zero attached hydrogens (tertiary/aromatic N) is 1. The molecule has 0 radical (unpaired) electrons. The molecule has 0 saturated heterocycles. The maximum absolute atomic E-state index is 13.6. The molecule has 0 fully saturated rings. The number of carbonyl (C=O) groups excluding carboxylic acids is 1. The molecule has 22 heavy (non-hydrogen) atoms. The first-order valence-electron chi connectivity index (χ1n) is 7.49. The molecule has 4 heteroatoms. The van der Waals surface area contributed by atoms with Crippen LogP contribution in [-0.4, -0.2) is 12.6 Å². The molecule has 114 valence electrons. The van der Waals surface area contributed by atoms with E-state index >= 15 is 0 Å². The smallest absolute Gasteiger partial charge is 0.307 e. The molecular weight excluding hydrogens is 279 g/mol. The molecule has 0 saturated carbocycles. The summed E-state index contributed by atoms with van der Waals surface area (Å²) in [6, 6.07) is 10.6. The minimum atomic E-state index is -0.313. The zero-order valence-electron chi connectivity index (χ0n) is 12.8. The Bertz CT molecular complexity index is 727.